The third-order valence-electron chi connectivity index (χ3n) is 2.60. The Balaban J connectivity index is 2.26. The fraction of sp³-hybridized carbons (Fsp3) is 0.800. The Morgan fingerprint density at radius 2 is 2.00 bits per heavy atom. The minimum Gasteiger partial charge on any atom is -0.306 e. The van der Waals surface area contributed by atoms with Gasteiger partial charge in [0.2, 0.25) is 0 Å². The van der Waals surface area contributed by atoms with Crippen molar-refractivity contribution in [3.8, 4) is 12.3 Å². The molecule has 0 atom stereocenters. The van der Waals surface area contributed by atoms with Gasteiger partial charge in [0, 0.05) is 19.1 Å². The molecule has 1 aliphatic rings. The lowest BCUT2D eigenvalue weighted by Crippen LogP contribution is -2.41. The standard InChI is InChI=1S/C10H18N2/c1-4-7-12-8-5-10(6-9-12)11(2)3/h1,10H,5-9H2,2-3H3. The summed E-state index contributed by atoms with van der Waals surface area (Å²) in [4.78, 5) is 4.66. The summed E-state index contributed by atoms with van der Waals surface area (Å²) in [6.07, 6.45) is 7.77. The molecular weight excluding hydrogens is 148 g/mol. The van der Waals surface area contributed by atoms with Gasteiger partial charge in [0.1, 0.15) is 0 Å². The molecule has 0 unspecified atom stereocenters. The molecule has 0 aliphatic carbocycles. The lowest BCUT2D eigenvalue weighted by atomic mass is 10.0. The second-order valence-electron chi connectivity index (χ2n) is 3.68. The van der Waals surface area contributed by atoms with Gasteiger partial charge in [0.25, 0.3) is 0 Å². The van der Waals surface area contributed by atoms with Crippen LogP contribution in [-0.4, -0.2) is 49.6 Å². The Bertz CT molecular complexity index is 161. The molecule has 1 aliphatic heterocycles. The molecule has 1 heterocycles. The molecule has 68 valence electrons. The average molecular weight is 166 g/mol. The monoisotopic (exact) mass is 166 g/mol. The predicted octanol–water partition coefficient (Wildman–Crippen LogP) is 0.646. The van der Waals surface area contributed by atoms with E-state index >= 15 is 0 Å². The van der Waals surface area contributed by atoms with Crippen molar-refractivity contribution in [1.82, 2.24) is 9.80 Å². The predicted molar refractivity (Wildman–Crippen MR) is 52.0 cm³/mol. The van der Waals surface area contributed by atoms with Gasteiger partial charge in [0.15, 0.2) is 0 Å². The molecule has 2 heteroatoms. The van der Waals surface area contributed by atoms with Crippen LogP contribution < -0.4 is 0 Å². The topological polar surface area (TPSA) is 6.48 Å². The zero-order chi connectivity index (χ0) is 8.97. The van der Waals surface area contributed by atoms with Crippen molar-refractivity contribution < 1.29 is 0 Å². The molecule has 0 saturated carbocycles. The Morgan fingerprint density at radius 1 is 1.42 bits per heavy atom. The number of likely N-dealkylation sites (tertiary alicyclic amines) is 1. The van der Waals surface area contributed by atoms with Crippen molar-refractivity contribution in [2.24, 2.45) is 0 Å². The Labute approximate surface area is 75.5 Å². The second-order valence-corrected chi connectivity index (χ2v) is 3.68. The van der Waals surface area contributed by atoms with E-state index in [0.717, 1.165) is 25.7 Å². The van der Waals surface area contributed by atoms with E-state index in [2.05, 4.69) is 29.8 Å². The SMILES string of the molecule is C#CCN1CCC(N(C)C)CC1. The van der Waals surface area contributed by atoms with Gasteiger partial charge in [-0.25, -0.2) is 0 Å². The highest BCUT2D eigenvalue weighted by molar-refractivity contribution is 4.90. The normalized spacial score (nSPS) is 21.2. The van der Waals surface area contributed by atoms with Crippen LogP contribution in [0.25, 0.3) is 0 Å². The first kappa shape index (κ1) is 9.57. The van der Waals surface area contributed by atoms with Gasteiger partial charge >= 0.3 is 0 Å². The lowest BCUT2D eigenvalue weighted by molar-refractivity contribution is 0.156. The summed E-state index contributed by atoms with van der Waals surface area (Å²) >= 11 is 0. The minimum atomic E-state index is 0.763. The molecule has 0 aromatic heterocycles. The summed E-state index contributed by atoms with van der Waals surface area (Å²) in [6.45, 7) is 3.14. The Kier molecular flexibility index (Phi) is 3.58. The summed E-state index contributed by atoms with van der Waals surface area (Å²) in [5, 5.41) is 0. The molecule has 0 aromatic rings. The number of piperidine rings is 1. The maximum atomic E-state index is 5.25. The average Bonchev–Trinajstić information content (AvgIpc) is 2.06. The van der Waals surface area contributed by atoms with E-state index in [9.17, 15) is 0 Å². The van der Waals surface area contributed by atoms with E-state index in [4.69, 9.17) is 6.42 Å². The smallest absolute Gasteiger partial charge is 0.0598 e. The van der Waals surface area contributed by atoms with Crippen LogP contribution in [-0.2, 0) is 0 Å². The first-order valence-electron chi connectivity index (χ1n) is 4.56. The molecule has 0 N–H and O–H groups in total. The van der Waals surface area contributed by atoms with Crippen LogP contribution in [0.2, 0.25) is 0 Å². The van der Waals surface area contributed by atoms with Gasteiger partial charge in [-0.3, -0.25) is 4.90 Å². The molecular formula is C10H18N2. The van der Waals surface area contributed by atoms with Gasteiger partial charge in [-0.2, -0.15) is 0 Å². The van der Waals surface area contributed by atoms with Gasteiger partial charge in [-0.15, -0.1) is 6.42 Å². The molecule has 12 heavy (non-hydrogen) atoms. The zero-order valence-electron chi connectivity index (χ0n) is 8.08. The van der Waals surface area contributed by atoms with Crippen molar-refractivity contribution >= 4 is 0 Å². The van der Waals surface area contributed by atoms with Crippen molar-refractivity contribution in [3.05, 3.63) is 0 Å². The van der Waals surface area contributed by atoms with Gasteiger partial charge in [-0.05, 0) is 26.9 Å². The van der Waals surface area contributed by atoms with Crippen molar-refractivity contribution in [2.75, 3.05) is 33.7 Å². The number of terminal acetylenes is 1. The molecule has 0 bridgehead atoms. The first-order chi connectivity index (χ1) is 5.74. The van der Waals surface area contributed by atoms with E-state index in [-0.39, 0.29) is 0 Å². The van der Waals surface area contributed by atoms with E-state index in [1.807, 2.05) is 0 Å². The van der Waals surface area contributed by atoms with Crippen LogP contribution in [0.4, 0.5) is 0 Å². The summed E-state index contributed by atoms with van der Waals surface area (Å²) in [5.41, 5.74) is 0. The largest absolute Gasteiger partial charge is 0.306 e. The Hall–Kier alpha value is -0.520. The molecule has 1 saturated heterocycles. The highest BCUT2D eigenvalue weighted by Gasteiger charge is 2.19. The van der Waals surface area contributed by atoms with Gasteiger partial charge in [-0.1, -0.05) is 5.92 Å². The highest BCUT2D eigenvalue weighted by Crippen LogP contribution is 2.13. The molecule has 0 aromatic carbocycles. The lowest BCUT2D eigenvalue weighted by Gasteiger charge is -2.34. The molecule has 0 radical (unpaired) electrons. The fourth-order valence-corrected chi connectivity index (χ4v) is 1.72. The molecule has 1 fully saturated rings. The minimum absolute atomic E-state index is 0.763. The summed E-state index contributed by atoms with van der Waals surface area (Å²) in [7, 11) is 4.31. The van der Waals surface area contributed by atoms with Crippen LogP contribution in [0.5, 0.6) is 0 Å². The third kappa shape index (κ3) is 2.51. The van der Waals surface area contributed by atoms with Crippen molar-refractivity contribution in [2.45, 2.75) is 18.9 Å². The number of hydrogen-bond acceptors (Lipinski definition) is 2. The Morgan fingerprint density at radius 3 is 2.42 bits per heavy atom. The van der Waals surface area contributed by atoms with E-state index in [1.165, 1.54) is 12.8 Å². The van der Waals surface area contributed by atoms with E-state index < -0.39 is 0 Å². The summed E-state index contributed by atoms with van der Waals surface area (Å²) in [6, 6.07) is 0.763. The molecule has 0 spiro atoms. The molecule has 1 rings (SSSR count). The van der Waals surface area contributed by atoms with Gasteiger partial charge < -0.3 is 4.90 Å². The van der Waals surface area contributed by atoms with Crippen LogP contribution in [0.3, 0.4) is 0 Å². The van der Waals surface area contributed by atoms with Crippen molar-refractivity contribution in [1.29, 1.82) is 0 Å². The quantitative estimate of drug-likeness (QED) is 0.556. The number of rotatable bonds is 2. The molecule has 0 amide bonds. The van der Waals surface area contributed by atoms with Crippen molar-refractivity contribution in [3.63, 3.8) is 0 Å². The summed E-state index contributed by atoms with van der Waals surface area (Å²) in [5.74, 6) is 2.69. The fourth-order valence-electron chi connectivity index (χ4n) is 1.72. The van der Waals surface area contributed by atoms with Crippen LogP contribution in [0.15, 0.2) is 0 Å². The van der Waals surface area contributed by atoms with Gasteiger partial charge in [0.05, 0.1) is 6.54 Å². The first-order valence-corrected chi connectivity index (χ1v) is 4.56. The van der Waals surface area contributed by atoms with Crippen LogP contribution in [0, 0.1) is 12.3 Å². The number of hydrogen-bond donors (Lipinski definition) is 0. The second kappa shape index (κ2) is 4.49. The maximum Gasteiger partial charge on any atom is 0.0598 e. The maximum absolute atomic E-state index is 5.25. The summed E-state index contributed by atoms with van der Waals surface area (Å²) < 4.78 is 0. The highest BCUT2D eigenvalue weighted by atomic mass is 15.2. The van der Waals surface area contributed by atoms with Crippen LogP contribution >= 0.6 is 0 Å². The molecule has 2 nitrogen and oxygen atoms in total. The van der Waals surface area contributed by atoms with E-state index in [0.29, 0.717) is 0 Å². The number of nitrogens with zero attached hydrogens (tertiary/aromatic N) is 2. The van der Waals surface area contributed by atoms with Crippen LogP contribution in [0.1, 0.15) is 12.8 Å². The third-order valence-corrected chi connectivity index (χ3v) is 2.60. The van der Waals surface area contributed by atoms with E-state index in [1.54, 1.807) is 0 Å². The zero-order valence-corrected chi connectivity index (χ0v) is 8.08.